The van der Waals surface area contributed by atoms with E-state index in [0.717, 1.165) is 55.8 Å². The second kappa shape index (κ2) is 16.5. The van der Waals surface area contributed by atoms with Crippen molar-refractivity contribution in [2.45, 2.75) is 31.8 Å². The molecule has 0 aliphatic carbocycles. The molecule has 44 heavy (non-hydrogen) atoms. The maximum Gasteiger partial charge on any atom is 0.161 e. The molecule has 0 amide bonds. The molecule has 0 saturated carbocycles. The first kappa shape index (κ1) is 33.3. The van der Waals surface area contributed by atoms with Gasteiger partial charge in [0.2, 0.25) is 0 Å². The Labute approximate surface area is 261 Å². The predicted octanol–water partition coefficient (Wildman–Crippen LogP) is 3.03. The lowest BCUT2D eigenvalue weighted by Gasteiger charge is -2.31. The summed E-state index contributed by atoms with van der Waals surface area (Å²) in [4.78, 5) is 11.5. The Morgan fingerprint density at radius 1 is 1.05 bits per heavy atom. The summed E-state index contributed by atoms with van der Waals surface area (Å²) in [5.41, 5.74) is 3.03. The number of aromatic nitrogens is 2. The Morgan fingerprint density at radius 2 is 1.82 bits per heavy atom. The van der Waals surface area contributed by atoms with Crippen LogP contribution in [0, 0.1) is 11.3 Å². The van der Waals surface area contributed by atoms with Crippen LogP contribution in [0.5, 0.6) is 17.2 Å². The van der Waals surface area contributed by atoms with Gasteiger partial charge in [-0.3, -0.25) is 0 Å². The van der Waals surface area contributed by atoms with Crippen molar-refractivity contribution >= 4 is 11.0 Å². The summed E-state index contributed by atoms with van der Waals surface area (Å²) in [7, 11) is 2.73. The van der Waals surface area contributed by atoms with E-state index in [1.807, 2.05) is 46.8 Å². The number of ether oxygens (including phenoxy) is 4. The molecule has 236 valence electrons. The Morgan fingerprint density at radius 3 is 2.57 bits per heavy atom. The second-order valence-electron chi connectivity index (χ2n) is 10.7. The van der Waals surface area contributed by atoms with Crippen molar-refractivity contribution in [1.29, 1.82) is 5.26 Å². The van der Waals surface area contributed by atoms with E-state index in [-0.39, 0.29) is 11.6 Å². The van der Waals surface area contributed by atoms with Crippen LogP contribution in [0.25, 0.3) is 11.3 Å². The minimum Gasteiger partial charge on any atom is -0.493 e. The molecule has 0 radical (unpaired) electrons. The SMILES string of the molecule is COc1cc(Cc2nccc(-c3ccc(OC4CCOCC4)c(C#N)c3)n2)ccc1OCCCS(=O)N1CCN(C)CC1.O. The number of piperazine rings is 1. The molecule has 2 fully saturated rings. The summed E-state index contributed by atoms with van der Waals surface area (Å²) < 4.78 is 37.7. The zero-order valence-electron chi connectivity index (χ0n) is 25.4. The minimum atomic E-state index is -0.979. The van der Waals surface area contributed by atoms with Crippen molar-refractivity contribution in [2.24, 2.45) is 0 Å². The summed E-state index contributed by atoms with van der Waals surface area (Å²) in [6, 6.07) is 15.5. The van der Waals surface area contributed by atoms with Crippen LogP contribution < -0.4 is 14.2 Å². The summed E-state index contributed by atoms with van der Waals surface area (Å²) >= 11 is 0. The normalized spacial score (nSPS) is 16.8. The smallest absolute Gasteiger partial charge is 0.161 e. The highest BCUT2D eigenvalue weighted by Gasteiger charge is 2.19. The summed E-state index contributed by atoms with van der Waals surface area (Å²) in [6.45, 7) is 5.39. The zero-order chi connectivity index (χ0) is 30.0. The number of methoxy groups -OCH3 is 1. The molecule has 3 aromatic rings. The third kappa shape index (κ3) is 8.97. The van der Waals surface area contributed by atoms with E-state index < -0.39 is 11.0 Å². The average molecular weight is 624 g/mol. The van der Waals surface area contributed by atoms with Gasteiger partial charge in [-0.1, -0.05) is 6.07 Å². The molecule has 3 heterocycles. The van der Waals surface area contributed by atoms with Crippen LogP contribution in [0.1, 0.15) is 36.2 Å². The lowest BCUT2D eigenvalue weighted by atomic mass is 10.1. The van der Waals surface area contributed by atoms with Gasteiger partial charge in [0, 0.05) is 63.0 Å². The van der Waals surface area contributed by atoms with Gasteiger partial charge in [0.05, 0.1) is 49.2 Å². The molecule has 0 spiro atoms. The van der Waals surface area contributed by atoms with E-state index in [0.29, 0.717) is 67.1 Å². The lowest BCUT2D eigenvalue weighted by molar-refractivity contribution is 0.0254. The van der Waals surface area contributed by atoms with E-state index in [1.54, 1.807) is 13.3 Å². The van der Waals surface area contributed by atoms with Crippen LogP contribution >= 0.6 is 0 Å². The van der Waals surface area contributed by atoms with E-state index in [1.165, 1.54) is 0 Å². The van der Waals surface area contributed by atoms with Crippen LogP contribution in [0.4, 0.5) is 0 Å². The molecule has 11 nitrogen and oxygen atoms in total. The lowest BCUT2D eigenvalue weighted by Crippen LogP contribution is -2.45. The maximum absolute atomic E-state index is 12.6. The van der Waals surface area contributed by atoms with Crippen molar-refractivity contribution in [3.63, 3.8) is 0 Å². The van der Waals surface area contributed by atoms with E-state index in [9.17, 15) is 9.47 Å². The van der Waals surface area contributed by atoms with Gasteiger partial charge in [0.1, 0.15) is 23.7 Å². The van der Waals surface area contributed by atoms with Gasteiger partial charge in [0.15, 0.2) is 11.5 Å². The number of hydrogen-bond acceptors (Lipinski definition) is 9. The standard InChI is InChI=1S/C32H39N5O5S.H2O/c1-36-12-14-37(15-13-36)43(38)19-3-16-41-30-6-4-24(20-31(30)39-2)21-32-34-11-8-28(35-32)25-5-7-29(26(22-25)23-33)42-27-9-17-40-18-10-27;/h4-8,11,20,22,27H,3,9-10,12-19,21H2,1-2H3;1H2. The highest BCUT2D eigenvalue weighted by atomic mass is 32.2. The summed E-state index contributed by atoms with van der Waals surface area (Å²) in [6.07, 6.45) is 4.63. The molecule has 1 unspecified atom stereocenters. The molecule has 1 aromatic heterocycles. The van der Waals surface area contributed by atoms with Crippen molar-refractivity contribution in [3.05, 3.63) is 65.6 Å². The molecule has 12 heteroatoms. The molecular formula is C32H41N5O6S. The number of hydrogen-bond donors (Lipinski definition) is 0. The van der Waals surface area contributed by atoms with Crippen LogP contribution in [-0.4, -0.2) is 101 Å². The third-order valence-electron chi connectivity index (χ3n) is 7.62. The van der Waals surface area contributed by atoms with Gasteiger partial charge >= 0.3 is 0 Å². The highest BCUT2D eigenvalue weighted by Crippen LogP contribution is 2.30. The third-order valence-corrected chi connectivity index (χ3v) is 9.20. The Hall–Kier alpha value is -3.60. The fourth-order valence-corrected chi connectivity index (χ4v) is 6.30. The minimum absolute atomic E-state index is 0. The van der Waals surface area contributed by atoms with Crippen molar-refractivity contribution in [1.82, 2.24) is 19.2 Å². The molecule has 0 bridgehead atoms. The molecule has 2 N–H and O–H groups in total. The molecule has 2 aromatic carbocycles. The van der Waals surface area contributed by atoms with Crippen LogP contribution in [0.3, 0.4) is 0 Å². The molecule has 5 rings (SSSR count). The Bertz CT molecular complexity index is 1440. The summed E-state index contributed by atoms with van der Waals surface area (Å²) in [5, 5.41) is 9.77. The molecular weight excluding hydrogens is 582 g/mol. The zero-order valence-corrected chi connectivity index (χ0v) is 26.2. The van der Waals surface area contributed by atoms with Gasteiger partial charge in [-0.05, 0) is 55.4 Å². The van der Waals surface area contributed by atoms with Crippen molar-refractivity contribution in [3.8, 4) is 34.6 Å². The summed E-state index contributed by atoms with van der Waals surface area (Å²) in [5.74, 6) is 3.11. The topological polar surface area (TPSA) is 142 Å². The van der Waals surface area contributed by atoms with Gasteiger partial charge in [-0.15, -0.1) is 0 Å². The number of likely N-dealkylation sites (N-methyl/N-ethyl adjacent to an activating group) is 1. The molecule has 2 saturated heterocycles. The van der Waals surface area contributed by atoms with Crippen LogP contribution in [-0.2, 0) is 22.1 Å². The average Bonchev–Trinajstić information content (AvgIpc) is 3.04. The van der Waals surface area contributed by atoms with Crippen molar-refractivity contribution in [2.75, 3.05) is 65.9 Å². The highest BCUT2D eigenvalue weighted by molar-refractivity contribution is 7.82. The number of nitriles is 1. The quantitative estimate of drug-likeness (QED) is 0.278. The Balaban J connectivity index is 0.00000442. The fourth-order valence-electron chi connectivity index (χ4n) is 5.11. The van der Waals surface area contributed by atoms with Crippen LogP contribution in [0.15, 0.2) is 48.7 Å². The van der Waals surface area contributed by atoms with Gasteiger partial charge in [-0.25, -0.2) is 18.5 Å². The maximum atomic E-state index is 12.6. The number of benzene rings is 2. The van der Waals surface area contributed by atoms with Gasteiger partial charge < -0.3 is 29.3 Å². The number of rotatable bonds is 12. The first-order valence-electron chi connectivity index (χ1n) is 14.7. The molecule has 2 aliphatic rings. The molecule has 2 aliphatic heterocycles. The Kier molecular flexibility index (Phi) is 12.5. The fraction of sp³-hybridized carbons (Fsp3) is 0.469. The van der Waals surface area contributed by atoms with E-state index in [2.05, 4.69) is 23.0 Å². The second-order valence-corrected chi connectivity index (χ2v) is 12.3. The van der Waals surface area contributed by atoms with E-state index >= 15 is 0 Å². The molecule has 1 atom stereocenters. The van der Waals surface area contributed by atoms with Gasteiger partial charge in [-0.2, -0.15) is 5.26 Å². The van der Waals surface area contributed by atoms with Crippen LogP contribution in [0.2, 0.25) is 0 Å². The van der Waals surface area contributed by atoms with Gasteiger partial charge in [0.25, 0.3) is 0 Å². The number of nitrogens with zero attached hydrogens (tertiary/aromatic N) is 5. The largest absolute Gasteiger partial charge is 0.493 e. The predicted molar refractivity (Wildman–Crippen MR) is 168 cm³/mol. The van der Waals surface area contributed by atoms with E-state index in [4.69, 9.17) is 23.9 Å². The first-order valence-corrected chi connectivity index (χ1v) is 16.0. The van der Waals surface area contributed by atoms with Crippen molar-refractivity contribution < 1.29 is 28.6 Å². The first-order chi connectivity index (χ1) is 21.0. The monoisotopic (exact) mass is 623 g/mol.